The largest absolute Gasteiger partial charge is 0.353 e. The fourth-order valence-corrected chi connectivity index (χ4v) is 3.55. The third-order valence-corrected chi connectivity index (χ3v) is 4.89. The minimum absolute atomic E-state index is 0.433. The Bertz CT molecular complexity index is 417. The van der Waals surface area contributed by atoms with Gasteiger partial charge in [0, 0.05) is 36.7 Å². The van der Waals surface area contributed by atoms with Crippen LogP contribution in [0, 0.1) is 0 Å². The van der Waals surface area contributed by atoms with Crippen LogP contribution in [-0.4, -0.2) is 34.2 Å². The monoisotopic (exact) mass is 294 g/mol. The number of hydrogen-bond donors (Lipinski definition) is 4. The smallest absolute Gasteiger partial charge is 0.222 e. The molecule has 1 aromatic rings. The minimum atomic E-state index is 0.433. The predicted octanol–water partition coefficient (Wildman–Crippen LogP) is 1.22. The zero-order chi connectivity index (χ0) is 13.6. The van der Waals surface area contributed by atoms with Gasteiger partial charge in [-0.2, -0.15) is 5.53 Å². The number of aromatic nitrogens is 2. The number of nitrogens with zero attached hydrogens (tertiary/aromatic N) is 2. The van der Waals surface area contributed by atoms with Crippen LogP contribution in [0.15, 0.2) is 12.3 Å². The van der Waals surface area contributed by atoms with Gasteiger partial charge in [0.15, 0.2) is 0 Å². The van der Waals surface area contributed by atoms with E-state index in [2.05, 4.69) is 37.7 Å². The van der Waals surface area contributed by atoms with Crippen molar-refractivity contribution in [3.05, 3.63) is 18.0 Å². The van der Waals surface area contributed by atoms with Crippen LogP contribution in [0.2, 0.25) is 0 Å². The van der Waals surface area contributed by atoms with Crippen molar-refractivity contribution < 1.29 is 0 Å². The molecular formula is C13H22N6S. The molecule has 0 aromatic carbocycles. The van der Waals surface area contributed by atoms with Crippen LogP contribution in [0.1, 0.15) is 37.3 Å². The lowest BCUT2D eigenvalue weighted by molar-refractivity contribution is 0.587. The standard InChI is InChI=1S/C13H22N6S/c1-2-4-10(3-1)11-5-6-14-13(17-11)15-7-8-20-12-9-16-19-18-12/h5-6,10,12,16,18-19H,1-4,7-9H2,(H,14,15,17). The Kier molecular flexibility index (Phi) is 5.07. The van der Waals surface area contributed by atoms with Gasteiger partial charge in [0.05, 0.1) is 5.37 Å². The number of hydrazine groups is 2. The van der Waals surface area contributed by atoms with Gasteiger partial charge in [0.25, 0.3) is 0 Å². The molecule has 2 aliphatic rings. The Morgan fingerprint density at radius 2 is 2.25 bits per heavy atom. The molecule has 0 spiro atoms. The van der Waals surface area contributed by atoms with Gasteiger partial charge in [0.2, 0.25) is 5.95 Å². The molecule has 20 heavy (non-hydrogen) atoms. The molecule has 2 fully saturated rings. The van der Waals surface area contributed by atoms with E-state index in [1.807, 2.05) is 18.0 Å². The van der Waals surface area contributed by atoms with Crippen molar-refractivity contribution in [2.24, 2.45) is 0 Å². The summed E-state index contributed by atoms with van der Waals surface area (Å²) in [5.41, 5.74) is 10.3. The maximum absolute atomic E-state index is 4.65. The van der Waals surface area contributed by atoms with Gasteiger partial charge < -0.3 is 5.32 Å². The number of thioether (sulfide) groups is 1. The van der Waals surface area contributed by atoms with Gasteiger partial charge in [-0.1, -0.05) is 12.8 Å². The van der Waals surface area contributed by atoms with Crippen molar-refractivity contribution in [1.82, 2.24) is 26.4 Å². The van der Waals surface area contributed by atoms with E-state index in [4.69, 9.17) is 0 Å². The summed E-state index contributed by atoms with van der Waals surface area (Å²) in [6.07, 6.45) is 7.11. The molecule has 7 heteroatoms. The molecule has 0 bridgehead atoms. The summed E-state index contributed by atoms with van der Waals surface area (Å²) in [7, 11) is 0. The molecule has 4 N–H and O–H groups in total. The zero-order valence-electron chi connectivity index (χ0n) is 11.6. The van der Waals surface area contributed by atoms with Gasteiger partial charge >= 0.3 is 0 Å². The Morgan fingerprint density at radius 1 is 1.35 bits per heavy atom. The molecule has 1 atom stereocenters. The van der Waals surface area contributed by atoms with Gasteiger partial charge in [0.1, 0.15) is 0 Å². The second kappa shape index (κ2) is 7.21. The summed E-state index contributed by atoms with van der Waals surface area (Å²) in [4.78, 5) is 8.96. The highest BCUT2D eigenvalue weighted by molar-refractivity contribution is 7.99. The fourth-order valence-electron chi connectivity index (χ4n) is 2.70. The first kappa shape index (κ1) is 14.1. The van der Waals surface area contributed by atoms with Crippen molar-refractivity contribution in [2.45, 2.75) is 37.0 Å². The number of nitrogens with one attached hydrogen (secondary N) is 4. The molecule has 1 saturated heterocycles. The first-order chi connectivity index (χ1) is 9.92. The topological polar surface area (TPSA) is 73.9 Å². The van der Waals surface area contributed by atoms with E-state index in [0.29, 0.717) is 11.3 Å². The number of rotatable bonds is 6. The molecule has 1 aromatic heterocycles. The predicted molar refractivity (Wildman–Crippen MR) is 82.3 cm³/mol. The summed E-state index contributed by atoms with van der Waals surface area (Å²) in [6.45, 7) is 1.83. The molecule has 1 aliphatic carbocycles. The molecule has 2 heterocycles. The van der Waals surface area contributed by atoms with Crippen molar-refractivity contribution >= 4 is 17.7 Å². The summed E-state index contributed by atoms with van der Waals surface area (Å²) < 4.78 is 0. The van der Waals surface area contributed by atoms with E-state index in [-0.39, 0.29) is 0 Å². The van der Waals surface area contributed by atoms with Gasteiger partial charge in [-0.25, -0.2) is 20.8 Å². The average Bonchev–Trinajstić information content (AvgIpc) is 3.17. The second-order valence-corrected chi connectivity index (χ2v) is 6.53. The fraction of sp³-hybridized carbons (Fsp3) is 0.692. The highest BCUT2D eigenvalue weighted by Gasteiger charge is 2.18. The van der Waals surface area contributed by atoms with Crippen LogP contribution in [0.4, 0.5) is 5.95 Å². The van der Waals surface area contributed by atoms with E-state index in [0.717, 1.165) is 24.8 Å². The van der Waals surface area contributed by atoms with E-state index in [1.54, 1.807) is 0 Å². The molecule has 110 valence electrons. The zero-order valence-corrected chi connectivity index (χ0v) is 12.4. The van der Waals surface area contributed by atoms with Crippen LogP contribution in [0.25, 0.3) is 0 Å². The molecule has 0 amide bonds. The minimum Gasteiger partial charge on any atom is -0.353 e. The molecule has 1 saturated carbocycles. The maximum atomic E-state index is 4.65. The molecule has 6 nitrogen and oxygen atoms in total. The Balaban J connectivity index is 1.43. The molecule has 0 radical (unpaired) electrons. The quantitative estimate of drug-likeness (QED) is 0.588. The Hall–Kier alpha value is -0.890. The third-order valence-electron chi connectivity index (χ3n) is 3.76. The van der Waals surface area contributed by atoms with Crippen molar-refractivity contribution in [2.75, 3.05) is 24.2 Å². The van der Waals surface area contributed by atoms with Crippen LogP contribution >= 0.6 is 11.8 Å². The van der Waals surface area contributed by atoms with Crippen LogP contribution in [0.3, 0.4) is 0 Å². The third kappa shape index (κ3) is 3.82. The van der Waals surface area contributed by atoms with E-state index >= 15 is 0 Å². The van der Waals surface area contributed by atoms with Crippen molar-refractivity contribution in [1.29, 1.82) is 0 Å². The SMILES string of the molecule is c1cc(C2CCCC2)nc(NCCSC2CNNN2)n1. The first-order valence-corrected chi connectivity index (χ1v) is 8.38. The lowest BCUT2D eigenvalue weighted by atomic mass is 10.0. The highest BCUT2D eigenvalue weighted by atomic mass is 32.2. The molecule has 1 aliphatic heterocycles. The Morgan fingerprint density at radius 3 is 3.05 bits per heavy atom. The summed E-state index contributed by atoms with van der Waals surface area (Å²) in [5.74, 6) is 2.44. The summed E-state index contributed by atoms with van der Waals surface area (Å²) in [6, 6.07) is 2.07. The van der Waals surface area contributed by atoms with E-state index in [9.17, 15) is 0 Å². The summed E-state index contributed by atoms with van der Waals surface area (Å²) in [5, 5.41) is 3.75. The molecule has 1 unspecified atom stereocenters. The van der Waals surface area contributed by atoms with E-state index < -0.39 is 0 Å². The maximum Gasteiger partial charge on any atom is 0.222 e. The van der Waals surface area contributed by atoms with Gasteiger partial charge in [-0.3, -0.25) is 0 Å². The van der Waals surface area contributed by atoms with Gasteiger partial charge in [-0.15, -0.1) is 11.8 Å². The lowest BCUT2D eigenvalue weighted by Gasteiger charge is -2.11. The van der Waals surface area contributed by atoms with Crippen LogP contribution < -0.4 is 21.7 Å². The molecular weight excluding hydrogens is 272 g/mol. The van der Waals surface area contributed by atoms with Crippen LogP contribution in [-0.2, 0) is 0 Å². The normalized spacial score (nSPS) is 23.3. The first-order valence-electron chi connectivity index (χ1n) is 7.33. The molecule has 3 rings (SSSR count). The lowest BCUT2D eigenvalue weighted by Crippen LogP contribution is -2.32. The van der Waals surface area contributed by atoms with Gasteiger partial charge in [-0.05, 0) is 18.9 Å². The number of hydrogen-bond acceptors (Lipinski definition) is 7. The van der Waals surface area contributed by atoms with Crippen LogP contribution in [0.5, 0.6) is 0 Å². The average molecular weight is 294 g/mol. The van der Waals surface area contributed by atoms with Crippen molar-refractivity contribution in [3.8, 4) is 0 Å². The Labute approximate surface area is 123 Å². The summed E-state index contributed by atoms with van der Waals surface area (Å²) >= 11 is 1.88. The highest BCUT2D eigenvalue weighted by Crippen LogP contribution is 2.32. The van der Waals surface area contributed by atoms with Crippen molar-refractivity contribution in [3.63, 3.8) is 0 Å². The van der Waals surface area contributed by atoms with E-state index in [1.165, 1.54) is 31.4 Å². The number of anilines is 1. The second-order valence-electron chi connectivity index (χ2n) is 5.22.